The number of nitrogen functional groups attached to an aromatic ring is 1. The number of aromatic nitrogens is 1. The smallest absolute Gasteiger partial charge is 0.293 e. The standard InChI is InChI=1S/C12H15N3O/c13-12-14-11-9(5-4-6-10(11)16-12)15-7-2-1-3-8-15/h4-6H,1-3,7-8H2,(H2,13,14). The monoisotopic (exact) mass is 217 g/mol. The van der Waals surface area contributed by atoms with E-state index in [1.165, 1.54) is 19.3 Å². The number of oxazole rings is 1. The van der Waals surface area contributed by atoms with Gasteiger partial charge in [0.05, 0.1) is 5.69 Å². The molecule has 4 nitrogen and oxygen atoms in total. The second kappa shape index (κ2) is 3.70. The average Bonchev–Trinajstić information content (AvgIpc) is 2.70. The van der Waals surface area contributed by atoms with E-state index in [2.05, 4.69) is 16.0 Å². The Morgan fingerprint density at radius 3 is 2.81 bits per heavy atom. The summed E-state index contributed by atoms with van der Waals surface area (Å²) in [6.07, 6.45) is 3.83. The Kier molecular flexibility index (Phi) is 2.20. The van der Waals surface area contributed by atoms with E-state index in [0.29, 0.717) is 0 Å². The van der Waals surface area contributed by atoms with Crippen molar-refractivity contribution in [2.45, 2.75) is 19.3 Å². The zero-order valence-corrected chi connectivity index (χ0v) is 9.15. The third kappa shape index (κ3) is 1.50. The maximum absolute atomic E-state index is 5.59. The summed E-state index contributed by atoms with van der Waals surface area (Å²) >= 11 is 0. The minimum atomic E-state index is 0.249. The number of nitrogens with zero attached hydrogens (tertiary/aromatic N) is 2. The first-order valence-electron chi connectivity index (χ1n) is 5.74. The zero-order valence-electron chi connectivity index (χ0n) is 9.15. The van der Waals surface area contributed by atoms with E-state index in [1.54, 1.807) is 0 Å². The molecule has 3 rings (SSSR count). The first-order chi connectivity index (χ1) is 7.84. The van der Waals surface area contributed by atoms with Gasteiger partial charge in [0.25, 0.3) is 6.01 Å². The summed E-state index contributed by atoms with van der Waals surface area (Å²) in [6.45, 7) is 2.21. The maximum atomic E-state index is 5.59. The van der Waals surface area contributed by atoms with Gasteiger partial charge >= 0.3 is 0 Å². The molecule has 1 saturated heterocycles. The molecule has 2 aromatic rings. The molecule has 1 aliphatic heterocycles. The van der Waals surface area contributed by atoms with Crippen LogP contribution in [0.4, 0.5) is 11.7 Å². The predicted molar refractivity (Wildman–Crippen MR) is 64.5 cm³/mol. The molecule has 0 unspecified atom stereocenters. The Balaban J connectivity index is 2.07. The number of rotatable bonds is 1. The van der Waals surface area contributed by atoms with Crippen LogP contribution >= 0.6 is 0 Å². The number of piperidine rings is 1. The third-order valence-corrected chi connectivity index (χ3v) is 3.11. The maximum Gasteiger partial charge on any atom is 0.293 e. The molecule has 4 heteroatoms. The Morgan fingerprint density at radius 2 is 2.00 bits per heavy atom. The van der Waals surface area contributed by atoms with E-state index < -0.39 is 0 Å². The summed E-state index contributed by atoms with van der Waals surface area (Å²) in [7, 11) is 0. The molecule has 1 aromatic heterocycles. The fourth-order valence-electron chi connectivity index (χ4n) is 2.34. The third-order valence-electron chi connectivity index (χ3n) is 3.11. The van der Waals surface area contributed by atoms with Crippen molar-refractivity contribution in [1.29, 1.82) is 0 Å². The normalized spacial score (nSPS) is 16.9. The number of para-hydroxylation sites is 1. The Labute approximate surface area is 94.0 Å². The molecule has 2 heterocycles. The van der Waals surface area contributed by atoms with Gasteiger partial charge in [-0.25, -0.2) is 0 Å². The molecular formula is C12H15N3O. The lowest BCUT2D eigenvalue weighted by molar-refractivity contribution is 0.578. The van der Waals surface area contributed by atoms with Gasteiger partial charge in [0.15, 0.2) is 5.58 Å². The molecule has 0 amide bonds. The van der Waals surface area contributed by atoms with Gasteiger partial charge in [0.2, 0.25) is 0 Å². The topological polar surface area (TPSA) is 55.3 Å². The van der Waals surface area contributed by atoms with Crippen molar-refractivity contribution in [3.05, 3.63) is 18.2 Å². The van der Waals surface area contributed by atoms with Crippen molar-refractivity contribution in [2.24, 2.45) is 0 Å². The number of fused-ring (bicyclic) bond motifs is 1. The van der Waals surface area contributed by atoms with Gasteiger partial charge in [-0.1, -0.05) is 6.07 Å². The summed E-state index contributed by atoms with van der Waals surface area (Å²) < 4.78 is 5.34. The SMILES string of the molecule is Nc1nc2c(N3CCCCC3)cccc2o1. The Hall–Kier alpha value is -1.71. The fraction of sp³-hybridized carbons (Fsp3) is 0.417. The quantitative estimate of drug-likeness (QED) is 0.797. The molecule has 0 spiro atoms. The Morgan fingerprint density at radius 1 is 1.19 bits per heavy atom. The number of nitrogens with two attached hydrogens (primary N) is 1. The largest absolute Gasteiger partial charge is 0.424 e. The molecule has 1 aliphatic rings. The van der Waals surface area contributed by atoms with Crippen molar-refractivity contribution in [3.8, 4) is 0 Å². The molecule has 0 aliphatic carbocycles. The van der Waals surface area contributed by atoms with Crippen LogP contribution in [0.3, 0.4) is 0 Å². The number of benzene rings is 1. The van der Waals surface area contributed by atoms with Crippen molar-refractivity contribution in [1.82, 2.24) is 4.98 Å². The highest BCUT2D eigenvalue weighted by molar-refractivity contribution is 5.88. The first-order valence-corrected chi connectivity index (χ1v) is 5.74. The highest BCUT2D eigenvalue weighted by Gasteiger charge is 2.16. The number of hydrogen-bond donors (Lipinski definition) is 1. The lowest BCUT2D eigenvalue weighted by Gasteiger charge is -2.28. The second-order valence-electron chi connectivity index (χ2n) is 4.22. The summed E-state index contributed by atoms with van der Waals surface area (Å²) in [6, 6.07) is 6.25. The van der Waals surface area contributed by atoms with Crippen LogP contribution in [0.2, 0.25) is 0 Å². The molecule has 2 N–H and O–H groups in total. The van der Waals surface area contributed by atoms with Crippen LogP contribution in [0.1, 0.15) is 19.3 Å². The highest BCUT2D eigenvalue weighted by Crippen LogP contribution is 2.29. The van der Waals surface area contributed by atoms with E-state index in [-0.39, 0.29) is 6.01 Å². The lowest BCUT2D eigenvalue weighted by Crippen LogP contribution is -2.29. The minimum Gasteiger partial charge on any atom is -0.424 e. The highest BCUT2D eigenvalue weighted by atomic mass is 16.4. The molecule has 0 bridgehead atoms. The molecule has 1 fully saturated rings. The minimum absolute atomic E-state index is 0.249. The Bertz CT molecular complexity index is 500. The van der Waals surface area contributed by atoms with E-state index in [9.17, 15) is 0 Å². The summed E-state index contributed by atoms with van der Waals surface area (Å²) in [5.41, 5.74) is 8.41. The lowest BCUT2D eigenvalue weighted by atomic mass is 10.1. The van der Waals surface area contributed by atoms with Crippen LogP contribution in [0, 0.1) is 0 Å². The summed E-state index contributed by atoms with van der Waals surface area (Å²) in [5, 5.41) is 0. The van der Waals surface area contributed by atoms with E-state index in [0.717, 1.165) is 29.9 Å². The zero-order chi connectivity index (χ0) is 11.0. The van der Waals surface area contributed by atoms with Crippen LogP contribution in [0.25, 0.3) is 11.1 Å². The van der Waals surface area contributed by atoms with Crippen molar-refractivity contribution < 1.29 is 4.42 Å². The predicted octanol–water partition coefficient (Wildman–Crippen LogP) is 2.40. The van der Waals surface area contributed by atoms with Crippen LogP contribution in [0.5, 0.6) is 0 Å². The van der Waals surface area contributed by atoms with Crippen molar-refractivity contribution >= 4 is 22.8 Å². The van der Waals surface area contributed by atoms with Gasteiger partial charge in [0.1, 0.15) is 5.52 Å². The van der Waals surface area contributed by atoms with Gasteiger partial charge in [-0.3, -0.25) is 0 Å². The second-order valence-corrected chi connectivity index (χ2v) is 4.22. The van der Waals surface area contributed by atoms with Gasteiger partial charge in [0, 0.05) is 13.1 Å². The summed E-state index contributed by atoms with van der Waals surface area (Å²) in [4.78, 5) is 6.63. The van der Waals surface area contributed by atoms with Crippen LogP contribution in [0.15, 0.2) is 22.6 Å². The molecular weight excluding hydrogens is 202 g/mol. The van der Waals surface area contributed by atoms with Gasteiger partial charge in [-0.05, 0) is 31.4 Å². The molecule has 16 heavy (non-hydrogen) atoms. The molecule has 1 aromatic carbocycles. The van der Waals surface area contributed by atoms with Gasteiger partial charge in [-0.2, -0.15) is 4.98 Å². The fourth-order valence-corrected chi connectivity index (χ4v) is 2.34. The van der Waals surface area contributed by atoms with Gasteiger partial charge in [-0.15, -0.1) is 0 Å². The van der Waals surface area contributed by atoms with Crippen LogP contribution in [-0.4, -0.2) is 18.1 Å². The van der Waals surface area contributed by atoms with E-state index in [1.807, 2.05) is 12.1 Å². The van der Waals surface area contributed by atoms with Crippen molar-refractivity contribution in [3.63, 3.8) is 0 Å². The molecule has 0 radical (unpaired) electrons. The molecule has 0 atom stereocenters. The van der Waals surface area contributed by atoms with Crippen LogP contribution < -0.4 is 10.6 Å². The first kappa shape index (κ1) is 9.51. The van der Waals surface area contributed by atoms with E-state index in [4.69, 9.17) is 10.2 Å². The number of hydrogen-bond acceptors (Lipinski definition) is 4. The summed E-state index contributed by atoms with van der Waals surface area (Å²) in [5.74, 6) is 0. The number of anilines is 2. The molecule has 84 valence electrons. The van der Waals surface area contributed by atoms with Gasteiger partial charge < -0.3 is 15.1 Å². The van der Waals surface area contributed by atoms with E-state index >= 15 is 0 Å². The average molecular weight is 217 g/mol. The van der Waals surface area contributed by atoms with Crippen LogP contribution in [-0.2, 0) is 0 Å². The van der Waals surface area contributed by atoms with Crippen molar-refractivity contribution in [2.75, 3.05) is 23.7 Å². The molecule has 0 saturated carbocycles.